The Kier molecular flexibility index (Phi) is 3.05. The molecule has 3 heteroatoms. The first-order valence-electron chi connectivity index (χ1n) is 4.85. The number of hydrogen-bond acceptors (Lipinski definition) is 3. The van der Waals surface area contributed by atoms with Crippen molar-refractivity contribution in [3.63, 3.8) is 0 Å². The lowest BCUT2D eigenvalue weighted by molar-refractivity contribution is 0.473. The second-order valence-corrected chi connectivity index (χ2v) is 3.35. The molecular formula is C12H13NO2. The number of aromatic hydroxyl groups is 1. The molecular weight excluding hydrogens is 190 g/mol. The van der Waals surface area contributed by atoms with Crippen LogP contribution in [-0.4, -0.2) is 5.11 Å². The summed E-state index contributed by atoms with van der Waals surface area (Å²) in [5.74, 6) is 1.22. The molecule has 0 radical (unpaired) electrons. The van der Waals surface area contributed by atoms with Gasteiger partial charge in [0, 0.05) is 6.54 Å². The summed E-state index contributed by atoms with van der Waals surface area (Å²) >= 11 is 0. The molecule has 0 fully saturated rings. The van der Waals surface area contributed by atoms with Gasteiger partial charge in [-0.1, -0.05) is 12.1 Å². The van der Waals surface area contributed by atoms with Crippen LogP contribution in [0.3, 0.4) is 0 Å². The topological polar surface area (TPSA) is 45.4 Å². The van der Waals surface area contributed by atoms with Gasteiger partial charge in [0.25, 0.3) is 0 Å². The van der Waals surface area contributed by atoms with Gasteiger partial charge in [-0.15, -0.1) is 0 Å². The maximum absolute atomic E-state index is 9.10. The quantitative estimate of drug-likeness (QED) is 0.801. The predicted octanol–water partition coefficient (Wildman–Crippen LogP) is 2.28. The number of phenols is 1. The van der Waals surface area contributed by atoms with E-state index in [4.69, 9.17) is 9.52 Å². The second kappa shape index (κ2) is 4.66. The number of benzene rings is 1. The van der Waals surface area contributed by atoms with Crippen molar-refractivity contribution in [2.24, 2.45) is 0 Å². The van der Waals surface area contributed by atoms with Crippen molar-refractivity contribution in [2.45, 2.75) is 13.1 Å². The Morgan fingerprint density at radius 3 is 2.53 bits per heavy atom. The van der Waals surface area contributed by atoms with Crippen LogP contribution in [0.1, 0.15) is 11.3 Å². The van der Waals surface area contributed by atoms with Gasteiger partial charge in [0.05, 0.1) is 12.8 Å². The van der Waals surface area contributed by atoms with Crippen LogP contribution in [0.2, 0.25) is 0 Å². The summed E-state index contributed by atoms with van der Waals surface area (Å²) in [6.07, 6.45) is 1.66. The van der Waals surface area contributed by atoms with Crippen molar-refractivity contribution in [3.05, 3.63) is 54.0 Å². The van der Waals surface area contributed by atoms with Gasteiger partial charge in [0.1, 0.15) is 11.5 Å². The predicted molar refractivity (Wildman–Crippen MR) is 57.4 cm³/mol. The standard InChI is InChI=1S/C12H13NO2/c14-11-5-3-10(4-6-11)8-13-9-12-2-1-7-15-12/h1-7,13-14H,8-9H2. The van der Waals surface area contributed by atoms with Crippen molar-refractivity contribution in [1.82, 2.24) is 5.32 Å². The molecule has 0 aliphatic rings. The Bertz CT molecular complexity index is 392. The highest BCUT2D eigenvalue weighted by Crippen LogP contribution is 2.09. The SMILES string of the molecule is Oc1ccc(CNCc2ccco2)cc1. The van der Waals surface area contributed by atoms with E-state index in [9.17, 15) is 0 Å². The maximum atomic E-state index is 9.10. The highest BCUT2D eigenvalue weighted by molar-refractivity contribution is 5.25. The molecule has 2 rings (SSSR count). The first kappa shape index (κ1) is 9.80. The van der Waals surface area contributed by atoms with Crippen LogP contribution in [0.4, 0.5) is 0 Å². The monoisotopic (exact) mass is 203 g/mol. The fraction of sp³-hybridized carbons (Fsp3) is 0.167. The Labute approximate surface area is 88.4 Å². The zero-order chi connectivity index (χ0) is 10.5. The van der Waals surface area contributed by atoms with Gasteiger partial charge in [-0.3, -0.25) is 0 Å². The van der Waals surface area contributed by atoms with E-state index in [1.807, 2.05) is 24.3 Å². The fourth-order valence-electron chi connectivity index (χ4n) is 1.36. The van der Waals surface area contributed by atoms with Crippen LogP contribution in [0.25, 0.3) is 0 Å². The summed E-state index contributed by atoms with van der Waals surface area (Å²) in [7, 11) is 0. The molecule has 1 aromatic carbocycles. The van der Waals surface area contributed by atoms with E-state index in [0.717, 1.165) is 17.9 Å². The van der Waals surface area contributed by atoms with Crippen LogP contribution in [0.15, 0.2) is 47.1 Å². The molecule has 0 spiro atoms. The number of phenolic OH excluding ortho intramolecular Hbond substituents is 1. The largest absolute Gasteiger partial charge is 0.508 e. The maximum Gasteiger partial charge on any atom is 0.117 e. The van der Waals surface area contributed by atoms with E-state index in [2.05, 4.69) is 5.32 Å². The molecule has 0 saturated heterocycles. The third-order valence-electron chi connectivity index (χ3n) is 2.14. The fourth-order valence-corrected chi connectivity index (χ4v) is 1.36. The molecule has 0 saturated carbocycles. The van der Waals surface area contributed by atoms with Crippen LogP contribution in [0, 0.1) is 0 Å². The average molecular weight is 203 g/mol. The van der Waals surface area contributed by atoms with Gasteiger partial charge in [-0.2, -0.15) is 0 Å². The molecule has 0 bridgehead atoms. The normalized spacial score (nSPS) is 10.4. The molecule has 78 valence electrons. The van der Waals surface area contributed by atoms with Crippen LogP contribution in [0.5, 0.6) is 5.75 Å². The number of nitrogens with one attached hydrogen (secondary N) is 1. The Hall–Kier alpha value is -1.74. The van der Waals surface area contributed by atoms with Crippen LogP contribution in [-0.2, 0) is 13.1 Å². The van der Waals surface area contributed by atoms with Gasteiger partial charge < -0.3 is 14.8 Å². The molecule has 0 aliphatic heterocycles. The first-order valence-corrected chi connectivity index (χ1v) is 4.85. The Balaban J connectivity index is 1.81. The molecule has 15 heavy (non-hydrogen) atoms. The van der Waals surface area contributed by atoms with E-state index in [0.29, 0.717) is 12.3 Å². The van der Waals surface area contributed by atoms with Crippen LogP contribution >= 0.6 is 0 Å². The number of furan rings is 1. The zero-order valence-corrected chi connectivity index (χ0v) is 8.31. The van der Waals surface area contributed by atoms with Gasteiger partial charge in [-0.05, 0) is 29.8 Å². The summed E-state index contributed by atoms with van der Waals surface area (Å²) in [5.41, 5.74) is 1.14. The summed E-state index contributed by atoms with van der Waals surface area (Å²) in [6, 6.07) is 11.0. The summed E-state index contributed by atoms with van der Waals surface area (Å²) in [5, 5.41) is 12.3. The van der Waals surface area contributed by atoms with E-state index < -0.39 is 0 Å². The zero-order valence-electron chi connectivity index (χ0n) is 8.31. The van der Waals surface area contributed by atoms with Crippen molar-refractivity contribution < 1.29 is 9.52 Å². The summed E-state index contributed by atoms with van der Waals surface area (Å²) in [6.45, 7) is 1.48. The number of hydrogen-bond donors (Lipinski definition) is 2. The van der Waals surface area contributed by atoms with E-state index in [-0.39, 0.29) is 0 Å². The molecule has 1 aromatic heterocycles. The minimum Gasteiger partial charge on any atom is -0.508 e. The lowest BCUT2D eigenvalue weighted by Gasteiger charge is -2.02. The third kappa shape index (κ3) is 2.86. The van der Waals surface area contributed by atoms with Gasteiger partial charge in [0.15, 0.2) is 0 Å². The van der Waals surface area contributed by atoms with Crippen molar-refractivity contribution in [3.8, 4) is 5.75 Å². The van der Waals surface area contributed by atoms with Crippen molar-refractivity contribution >= 4 is 0 Å². The Morgan fingerprint density at radius 2 is 1.87 bits per heavy atom. The smallest absolute Gasteiger partial charge is 0.117 e. The van der Waals surface area contributed by atoms with Gasteiger partial charge >= 0.3 is 0 Å². The minimum absolute atomic E-state index is 0.296. The molecule has 0 unspecified atom stereocenters. The molecule has 0 atom stereocenters. The molecule has 2 N–H and O–H groups in total. The van der Waals surface area contributed by atoms with Gasteiger partial charge in [0.2, 0.25) is 0 Å². The highest BCUT2D eigenvalue weighted by atomic mass is 16.3. The van der Waals surface area contributed by atoms with E-state index in [1.54, 1.807) is 18.4 Å². The Morgan fingerprint density at radius 1 is 1.07 bits per heavy atom. The molecule has 1 heterocycles. The third-order valence-corrected chi connectivity index (χ3v) is 2.14. The van der Waals surface area contributed by atoms with E-state index >= 15 is 0 Å². The van der Waals surface area contributed by atoms with Crippen molar-refractivity contribution in [2.75, 3.05) is 0 Å². The molecule has 3 nitrogen and oxygen atoms in total. The van der Waals surface area contributed by atoms with Gasteiger partial charge in [-0.25, -0.2) is 0 Å². The minimum atomic E-state index is 0.296. The van der Waals surface area contributed by atoms with Crippen LogP contribution < -0.4 is 5.32 Å². The lowest BCUT2D eigenvalue weighted by Crippen LogP contribution is -2.11. The molecule has 2 aromatic rings. The highest BCUT2D eigenvalue weighted by Gasteiger charge is 1.96. The average Bonchev–Trinajstić information content (AvgIpc) is 2.74. The van der Waals surface area contributed by atoms with Crippen molar-refractivity contribution in [1.29, 1.82) is 0 Å². The summed E-state index contributed by atoms with van der Waals surface area (Å²) in [4.78, 5) is 0. The lowest BCUT2D eigenvalue weighted by atomic mass is 10.2. The summed E-state index contributed by atoms with van der Waals surface area (Å²) < 4.78 is 5.19. The number of rotatable bonds is 4. The molecule has 0 aliphatic carbocycles. The van der Waals surface area contributed by atoms with E-state index in [1.165, 1.54) is 0 Å². The second-order valence-electron chi connectivity index (χ2n) is 3.35. The first-order chi connectivity index (χ1) is 7.34. The molecule has 0 amide bonds.